The first-order valence-corrected chi connectivity index (χ1v) is 9.87. The summed E-state index contributed by atoms with van der Waals surface area (Å²) in [5, 5.41) is 2.03. The number of ether oxygens (including phenoxy) is 1. The van der Waals surface area contributed by atoms with Crippen LogP contribution in [-0.4, -0.2) is 40.5 Å². The van der Waals surface area contributed by atoms with E-state index in [2.05, 4.69) is 16.0 Å². The second kappa shape index (κ2) is 7.27. The van der Waals surface area contributed by atoms with Gasteiger partial charge >= 0.3 is 6.18 Å². The Morgan fingerprint density at radius 2 is 2.15 bits per heavy atom. The summed E-state index contributed by atoms with van der Waals surface area (Å²) in [6.07, 6.45) is -1.35. The minimum Gasteiger partial charge on any atom is -0.372 e. The number of hydrogen-bond donors (Lipinski definition) is 1. The van der Waals surface area contributed by atoms with Crippen LogP contribution in [0.2, 0.25) is 0 Å². The van der Waals surface area contributed by atoms with Crippen molar-refractivity contribution < 1.29 is 22.7 Å². The minimum absolute atomic E-state index is 0.0372. The molecule has 9 heteroatoms. The molecule has 1 N–H and O–H groups in total. The zero-order valence-electron chi connectivity index (χ0n) is 14.6. The van der Waals surface area contributed by atoms with Gasteiger partial charge in [0.15, 0.2) is 0 Å². The standard InChI is InChI=1S/C18H20F3N3O2S/c19-18(20,21)14-10-22-17(23-14)12-1-5-24(6-2-12)15(25)9-13-16-11(3-7-26-13)4-8-27-16/h4,8,10,12-13H,1-3,5-7,9H2,(H,22,23)/t13-/m0/s1. The van der Waals surface area contributed by atoms with Gasteiger partial charge in [-0.1, -0.05) is 0 Å². The number of rotatable bonds is 3. The zero-order chi connectivity index (χ0) is 19.0. The molecule has 1 saturated heterocycles. The smallest absolute Gasteiger partial charge is 0.372 e. The Kier molecular flexibility index (Phi) is 4.98. The number of H-pyrrole nitrogens is 1. The summed E-state index contributed by atoms with van der Waals surface area (Å²) in [4.78, 5) is 21.9. The lowest BCUT2D eigenvalue weighted by molar-refractivity contribution is -0.141. The topological polar surface area (TPSA) is 58.2 Å². The number of aromatic nitrogens is 2. The fraction of sp³-hybridized carbons (Fsp3) is 0.556. The molecule has 1 atom stereocenters. The number of halogens is 3. The molecule has 1 fully saturated rings. The molecule has 0 spiro atoms. The van der Waals surface area contributed by atoms with Crippen molar-refractivity contribution in [1.29, 1.82) is 0 Å². The Hall–Kier alpha value is -1.87. The van der Waals surface area contributed by atoms with Crippen molar-refractivity contribution in [3.63, 3.8) is 0 Å². The van der Waals surface area contributed by atoms with E-state index >= 15 is 0 Å². The van der Waals surface area contributed by atoms with Crippen molar-refractivity contribution in [2.75, 3.05) is 19.7 Å². The second-order valence-corrected chi connectivity index (χ2v) is 7.91. The van der Waals surface area contributed by atoms with E-state index in [0.717, 1.165) is 17.5 Å². The average molecular weight is 399 g/mol. The maximum Gasteiger partial charge on any atom is 0.432 e. The molecule has 0 unspecified atom stereocenters. The van der Waals surface area contributed by atoms with Crippen molar-refractivity contribution in [3.05, 3.63) is 39.6 Å². The van der Waals surface area contributed by atoms with Gasteiger partial charge in [0.25, 0.3) is 0 Å². The van der Waals surface area contributed by atoms with Gasteiger partial charge in [-0.15, -0.1) is 11.3 Å². The van der Waals surface area contributed by atoms with Gasteiger partial charge < -0.3 is 14.6 Å². The predicted octanol–water partition coefficient (Wildman–Crippen LogP) is 3.90. The van der Waals surface area contributed by atoms with Crippen LogP contribution in [0.4, 0.5) is 13.2 Å². The summed E-state index contributed by atoms with van der Waals surface area (Å²) < 4.78 is 43.9. The van der Waals surface area contributed by atoms with Crippen molar-refractivity contribution in [3.8, 4) is 0 Å². The molecule has 1 amide bonds. The van der Waals surface area contributed by atoms with Crippen molar-refractivity contribution in [2.45, 2.75) is 43.9 Å². The van der Waals surface area contributed by atoms with E-state index in [4.69, 9.17) is 4.74 Å². The minimum atomic E-state index is -4.41. The molecule has 4 heterocycles. The number of amides is 1. The largest absolute Gasteiger partial charge is 0.432 e. The number of thiophene rings is 1. The van der Waals surface area contributed by atoms with Gasteiger partial charge in [-0.05, 0) is 36.3 Å². The Bertz CT molecular complexity index is 809. The summed E-state index contributed by atoms with van der Waals surface area (Å²) >= 11 is 1.62. The van der Waals surface area contributed by atoms with Gasteiger partial charge in [-0.2, -0.15) is 13.2 Å². The summed E-state index contributed by atoms with van der Waals surface area (Å²) in [5.74, 6) is 0.309. The van der Waals surface area contributed by atoms with Crippen LogP contribution in [0.1, 0.15) is 53.2 Å². The maximum atomic E-state index is 12.7. The van der Waals surface area contributed by atoms with E-state index in [1.54, 1.807) is 16.2 Å². The molecule has 0 saturated carbocycles. The third-order valence-corrected chi connectivity index (χ3v) is 6.31. The van der Waals surface area contributed by atoms with Crippen LogP contribution in [0.25, 0.3) is 0 Å². The number of piperidine rings is 1. The molecule has 0 aromatic carbocycles. The van der Waals surface area contributed by atoms with Gasteiger partial charge in [0.05, 0.1) is 19.2 Å². The first-order valence-electron chi connectivity index (χ1n) is 8.99. The van der Waals surface area contributed by atoms with Crippen LogP contribution in [0.5, 0.6) is 0 Å². The van der Waals surface area contributed by atoms with Crippen molar-refractivity contribution >= 4 is 17.2 Å². The molecule has 27 heavy (non-hydrogen) atoms. The summed E-state index contributed by atoms with van der Waals surface area (Å²) in [6.45, 7) is 1.68. The second-order valence-electron chi connectivity index (χ2n) is 6.96. The average Bonchev–Trinajstić information content (AvgIpc) is 3.31. The molecule has 5 nitrogen and oxygen atoms in total. The molecule has 0 aliphatic carbocycles. The number of likely N-dealkylation sites (tertiary alicyclic amines) is 1. The SMILES string of the molecule is O=C(C[C@@H]1OCCc2ccsc21)N1CCC(c2ncc(C(F)(F)F)[nH]2)CC1. The van der Waals surface area contributed by atoms with Crippen LogP contribution >= 0.6 is 11.3 Å². The first-order chi connectivity index (χ1) is 12.9. The van der Waals surface area contributed by atoms with Gasteiger partial charge in [-0.25, -0.2) is 4.98 Å². The predicted molar refractivity (Wildman–Crippen MR) is 93.5 cm³/mol. The third-order valence-electron chi connectivity index (χ3n) is 5.26. The molecular formula is C18H20F3N3O2S. The number of imidazole rings is 1. The lowest BCUT2D eigenvalue weighted by Gasteiger charge is -2.32. The molecule has 2 aliphatic rings. The number of nitrogens with zero attached hydrogens (tertiary/aromatic N) is 2. The molecule has 146 valence electrons. The van der Waals surface area contributed by atoms with Crippen molar-refractivity contribution in [2.24, 2.45) is 0 Å². The zero-order valence-corrected chi connectivity index (χ0v) is 15.4. The fourth-order valence-corrected chi connectivity index (χ4v) is 4.76. The highest BCUT2D eigenvalue weighted by Crippen LogP contribution is 2.35. The van der Waals surface area contributed by atoms with E-state index in [0.29, 0.717) is 44.8 Å². The Balaban J connectivity index is 1.33. The van der Waals surface area contributed by atoms with E-state index in [-0.39, 0.29) is 17.9 Å². The number of alkyl halides is 3. The van der Waals surface area contributed by atoms with Gasteiger partial charge in [0.2, 0.25) is 5.91 Å². The lowest BCUT2D eigenvalue weighted by Crippen LogP contribution is -2.39. The molecule has 0 radical (unpaired) electrons. The number of fused-ring (bicyclic) bond motifs is 1. The number of carbonyl (C=O) groups excluding carboxylic acids is 1. The van der Waals surface area contributed by atoms with Crippen molar-refractivity contribution in [1.82, 2.24) is 14.9 Å². The van der Waals surface area contributed by atoms with Crippen LogP contribution in [0.15, 0.2) is 17.6 Å². The quantitative estimate of drug-likeness (QED) is 0.852. The normalized spacial score (nSPS) is 21.3. The molecule has 4 rings (SSSR count). The van der Waals surface area contributed by atoms with Crippen LogP contribution in [-0.2, 0) is 22.1 Å². The fourth-order valence-electron chi connectivity index (χ4n) is 3.75. The highest BCUT2D eigenvalue weighted by Gasteiger charge is 2.35. The Labute approximate surface area is 158 Å². The first kappa shape index (κ1) is 18.5. The molecule has 0 bridgehead atoms. The number of hydrogen-bond acceptors (Lipinski definition) is 4. The van der Waals surface area contributed by atoms with Crippen LogP contribution in [0.3, 0.4) is 0 Å². The van der Waals surface area contributed by atoms with Gasteiger partial charge in [0.1, 0.15) is 17.6 Å². The summed E-state index contributed by atoms with van der Waals surface area (Å²) in [6, 6.07) is 2.09. The Morgan fingerprint density at radius 1 is 1.37 bits per heavy atom. The molecule has 2 aliphatic heterocycles. The third kappa shape index (κ3) is 3.89. The van der Waals surface area contributed by atoms with E-state index in [9.17, 15) is 18.0 Å². The van der Waals surface area contributed by atoms with Gasteiger partial charge in [0, 0.05) is 23.9 Å². The molecule has 2 aromatic heterocycles. The number of carbonyl (C=O) groups is 1. The highest BCUT2D eigenvalue weighted by molar-refractivity contribution is 7.10. The lowest BCUT2D eigenvalue weighted by atomic mass is 9.95. The molecular weight excluding hydrogens is 379 g/mol. The molecule has 2 aromatic rings. The van der Waals surface area contributed by atoms with Crippen LogP contribution in [0, 0.1) is 0 Å². The maximum absolute atomic E-state index is 12.7. The summed E-state index contributed by atoms with van der Waals surface area (Å²) in [5.41, 5.74) is 0.443. The Morgan fingerprint density at radius 3 is 2.85 bits per heavy atom. The van der Waals surface area contributed by atoms with E-state index < -0.39 is 11.9 Å². The number of nitrogens with one attached hydrogen (secondary N) is 1. The van der Waals surface area contributed by atoms with Gasteiger partial charge in [-0.3, -0.25) is 4.79 Å². The number of aromatic amines is 1. The van der Waals surface area contributed by atoms with E-state index in [1.165, 1.54) is 5.56 Å². The summed E-state index contributed by atoms with van der Waals surface area (Å²) in [7, 11) is 0. The monoisotopic (exact) mass is 399 g/mol. The van der Waals surface area contributed by atoms with E-state index in [1.807, 2.05) is 5.38 Å². The van der Waals surface area contributed by atoms with Crippen LogP contribution < -0.4 is 0 Å². The highest BCUT2D eigenvalue weighted by atomic mass is 32.1.